The zero-order chi connectivity index (χ0) is 9.31. The van der Waals surface area contributed by atoms with Crippen LogP contribution >= 0.6 is 0 Å². The fourth-order valence-corrected chi connectivity index (χ4v) is 1.86. The van der Waals surface area contributed by atoms with Gasteiger partial charge in [-0.05, 0) is 31.5 Å². The molecule has 1 aliphatic heterocycles. The molecule has 2 N–H and O–H groups in total. The highest BCUT2D eigenvalue weighted by atomic mass is 16.3. The second-order valence-electron chi connectivity index (χ2n) is 3.65. The molecule has 0 bridgehead atoms. The summed E-state index contributed by atoms with van der Waals surface area (Å²) in [6, 6.07) is 1.94. The Hall–Kier alpha value is -0.930. The largest absolute Gasteiger partial charge is 0.384 e. The van der Waals surface area contributed by atoms with Crippen LogP contribution in [0.15, 0.2) is 18.5 Å². The van der Waals surface area contributed by atoms with Crippen molar-refractivity contribution in [2.75, 3.05) is 13.1 Å². The first kappa shape index (κ1) is 8.66. The highest BCUT2D eigenvalue weighted by Gasteiger charge is 2.34. The van der Waals surface area contributed by atoms with Crippen molar-refractivity contribution >= 4 is 0 Å². The third-order valence-electron chi connectivity index (χ3n) is 2.67. The van der Waals surface area contributed by atoms with Crippen molar-refractivity contribution in [2.45, 2.75) is 18.9 Å². The van der Waals surface area contributed by atoms with Crippen molar-refractivity contribution in [3.8, 4) is 0 Å². The van der Waals surface area contributed by atoms with E-state index in [-0.39, 0.29) is 0 Å². The molecule has 0 aliphatic carbocycles. The van der Waals surface area contributed by atoms with Gasteiger partial charge in [0, 0.05) is 24.5 Å². The molecule has 2 heterocycles. The van der Waals surface area contributed by atoms with E-state index < -0.39 is 5.60 Å². The first-order chi connectivity index (χ1) is 6.22. The van der Waals surface area contributed by atoms with Crippen LogP contribution in [0.3, 0.4) is 0 Å². The molecule has 70 valence electrons. The summed E-state index contributed by atoms with van der Waals surface area (Å²) < 4.78 is 0. The molecule has 1 aromatic heterocycles. The van der Waals surface area contributed by atoms with E-state index in [4.69, 9.17) is 0 Å². The van der Waals surface area contributed by atoms with Crippen LogP contribution in [0.2, 0.25) is 0 Å². The SMILES string of the molecule is Cc1ccncc1C1(O)CCNC1. The molecule has 3 heteroatoms. The molecule has 1 atom stereocenters. The Kier molecular flexibility index (Phi) is 2.06. The number of pyridine rings is 1. The van der Waals surface area contributed by atoms with E-state index in [2.05, 4.69) is 10.3 Å². The summed E-state index contributed by atoms with van der Waals surface area (Å²) >= 11 is 0. The number of hydrogen-bond donors (Lipinski definition) is 2. The van der Waals surface area contributed by atoms with Gasteiger partial charge in [-0.15, -0.1) is 0 Å². The average Bonchev–Trinajstić information content (AvgIpc) is 2.54. The molecular formula is C10H14N2O. The summed E-state index contributed by atoms with van der Waals surface area (Å²) in [5.74, 6) is 0. The molecule has 2 rings (SSSR count). The topological polar surface area (TPSA) is 45.2 Å². The molecule has 1 aromatic rings. The summed E-state index contributed by atoms with van der Waals surface area (Å²) in [7, 11) is 0. The van der Waals surface area contributed by atoms with Gasteiger partial charge in [0.25, 0.3) is 0 Å². The highest BCUT2D eigenvalue weighted by Crippen LogP contribution is 2.28. The van der Waals surface area contributed by atoms with Crippen molar-refractivity contribution in [3.63, 3.8) is 0 Å². The molecule has 1 aliphatic rings. The maximum Gasteiger partial charge on any atom is 0.105 e. The molecular weight excluding hydrogens is 164 g/mol. The number of nitrogens with one attached hydrogen (secondary N) is 1. The standard InChI is InChI=1S/C10H14N2O/c1-8-2-4-11-6-9(8)10(13)3-5-12-7-10/h2,4,6,12-13H,3,5,7H2,1H3. The van der Waals surface area contributed by atoms with Crippen LogP contribution in [0.25, 0.3) is 0 Å². The van der Waals surface area contributed by atoms with Gasteiger partial charge in [-0.2, -0.15) is 0 Å². The van der Waals surface area contributed by atoms with Gasteiger partial charge in [-0.1, -0.05) is 0 Å². The van der Waals surface area contributed by atoms with Crippen molar-refractivity contribution in [3.05, 3.63) is 29.6 Å². The fourth-order valence-electron chi connectivity index (χ4n) is 1.86. The molecule has 13 heavy (non-hydrogen) atoms. The van der Waals surface area contributed by atoms with E-state index in [1.54, 1.807) is 12.4 Å². The summed E-state index contributed by atoms with van der Waals surface area (Å²) in [5.41, 5.74) is 1.37. The Morgan fingerprint density at radius 3 is 3.08 bits per heavy atom. The second kappa shape index (κ2) is 3.09. The molecule has 1 fully saturated rings. The second-order valence-corrected chi connectivity index (χ2v) is 3.65. The smallest absolute Gasteiger partial charge is 0.105 e. The first-order valence-corrected chi connectivity index (χ1v) is 4.56. The number of aryl methyl sites for hydroxylation is 1. The monoisotopic (exact) mass is 178 g/mol. The van der Waals surface area contributed by atoms with Crippen LogP contribution in [-0.2, 0) is 5.60 Å². The lowest BCUT2D eigenvalue weighted by Gasteiger charge is -2.23. The predicted octanol–water partition coefficient (Wildman–Crippen LogP) is 0.571. The van der Waals surface area contributed by atoms with Crippen LogP contribution in [0.5, 0.6) is 0 Å². The van der Waals surface area contributed by atoms with Gasteiger partial charge in [0.1, 0.15) is 5.60 Å². The van der Waals surface area contributed by atoms with Crippen LogP contribution in [0.1, 0.15) is 17.5 Å². The van der Waals surface area contributed by atoms with Crippen LogP contribution < -0.4 is 5.32 Å². The summed E-state index contributed by atoms with van der Waals surface area (Å²) in [6.45, 7) is 3.53. The Balaban J connectivity index is 2.39. The van der Waals surface area contributed by atoms with Crippen LogP contribution in [-0.4, -0.2) is 23.2 Å². The number of β-amino-alcohol motifs (C(OH)–C–C–N with tert-alkyl or cyclic N) is 1. The lowest BCUT2D eigenvalue weighted by molar-refractivity contribution is 0.0577. The van der Waals surface area contributed by atoms with E-state index in [0.29, 0.717) is 6.54 Å². The maximum absolute atomic E-state index is 10.2. The minimum absolute atomic E-state index is 0.638. The molecule has 3 nitrogen and oxygen atoms in total. The van der Waals surface area contributed by atoms with Crippen molar-refractivity contribution in [1.82, 2.24) is 10.3 Å². The van der Waals surface area contributed by atoms with Gasteiger partial charge in [0.15, 0.2) is 0 Å². The lowest BCUT2D eigenvalue weighted by Crippen LogP contribution is -2.29. The number of aromatic nitrogens is 1. The minimum Gasteiger partial charge on any atom is -0.384 e. The molecule has 0 aromatic carbocycles. The Morgan fingerprint density at radius 2 is 2.46 bits per heavy atom. The summed E-state index contributed by atoms with van der Waals surface area (Å²) in [5, 5.41) is 13.4. The zero-order valence-electron chi connectivity index (χ0n) is 7.75. The van der Waals surface area contributed by atoms with E-state index in [9.17, 15) is 5.11 Å². The Bertz CT molecular complexity index is 306. The molecule has 0 saturated carbocycles. The first-order valence-electron chi connectivity index (χ1n) is 4.56. The zero-order valence-corrected chi connectivity index (χ0v) is 7.75. The molecule has 1 unspecified atom stereocenters. The highest BCUT2D eigenvalue weighted by molar-refractivity contribution is 5.29. The van der Waals surface area contributed by atoms with Gasteiger partial charge in [0.05, 0.1) is 0 Å². The third kappa shape index (κ3) is 1.45. The summed E-state index contributed by atoms with van der Waals surface area (Å²) in [4.78, 5) is 4.05. The van der Waals surface area contributed by atoms with Gasteiger partial charge in [-0.25, -0.2) is 0 Å². The molecule has 1 saturated heterocycles. The van der Waals surface area contributed by atoms with E-state index in [1.807, 2.05) is 13.0 Å². The van der Waals surface area contributed by atoms with Crippen LogP contribution in [0, 0.1) is 6.92 Å². The van der Waals surface area contributed by atoms with Crippen molar-refractivity contribution < 1.29 is 5.11 Å². The van der Waals surface area contributed by atoms with Gasteiger partial charge >= 0.3 is 0 Å². The normalized spacial score (nSPS) is 27.8. The molecule has 0 radical (unpaired) electrons. The third-order valence-corrected chi connectivity index (χ3v) is 2.67. The van der Waals surface area contributed by atoms with Crippen LogP contribution in [0.4, 0.5) is 0 Å². The number of hydrogen-bond acceptors (Lipinski definition) is 3. The molecule has 0 spiro atoms. The van der Waals surface area contributed by atoms with E-state index in [1.165, 1.54) is 0 Å². The predicted molar refractivity (Wildman–Crippen MR) is 50.4 cm³/mol. The number of rotatable bonds is 1. The van der Waals surface area contributed by atoms with Gasteiger partial charge < -0.3 is 10.4 Å². The average molecular weight is 178 g/mol. The quantitative estimate of drug-likeness (QED) is 0.661. The lowest BCUT2D eigenvalue weighted by atomic mass is 9.91. The number of aliphatic hydroxyl groups is 1. The van der Waals surface area contributed by atoms with Crippen molar-refractivity contribution in [1.29, 1.82) is 0 Å². The Morgan fingerprint density at radius 1 is 1.62 bits per heavy atom. The minimum atomic E-state index is -0.696. The van der Waals surface area contributed by atoms with Crippen molar-refractivity contribution in [2.24, 2.45) is 0 Å². The number of nitrogens with zero attached hydrogens (tertiary/aromatic N) is 1. The van der Waals surface area contributed by atoms with Gasteiger partial charge in [-0.3, -0.25) is 4.98 Å². The fraction of sp³-hybridized carbons (Fsp3) is 0.500. The maximum atomic E-state index is 10.2. The Labute approximate surface area is 77.8 Å². The van der Waals surface area contributed by atoms with E-state index in [0.717, 1.165) is 24.1 Å². The summed E-state index contributed by atoms with van der Waals surface area (Å²) in [6.07, 6.45) is 4.30. The van der Waals surface area contributed by atoms with E-state index >= 15 is 0 Å². The molecule has 0 amide bonds. The van der Waals surface area contributed by atoms with Gasteiger partial charge in [0.2, 0.25) is 0 Å².